The van der Waals surface area contributed by atoms with Gasteiger partial charge in [-0.1, -0.05) is 54.6 Å². The van der Waals surface area contributed by atoms with E-state index < -0.39 is 0 Å². The zero-order valence-electron chi connectivity index (χ0n) is 14.5. The lowest BCUT2D eigenvalue weighted by atomic mass is 9.90. The van der Waals surface area contributed by atoms with Gasteiger partial charge >= 0.3 is 5.69 Å². The van der Waals surface area contributed by atoms with Gasteiger partial charge in [-0.05, 0) is 37.9 Å². The predicted molar refractivity (Wildman–Crippen MR) is 106 cm³/mol. The highest BCUT2D eigenvalue weighted by Gasteiger charge is 2.15. The minimum absolute atomic E-state index is 0.275. The second-order valence-electron chi connectivity index (χ2n) is 6.77. The quantitative estimate of drug-likeness (QED) is 0.437. The Morgan fingerprint density at radius 1 is 0.692 bits per heavy atom. The maximum absolute atomic E-state index is 12.8. The van der Waals surface area contributed by atoms with Crippen LogP contribution >= 0.6 is 0 Å². The molecule has 1 heterocycles. The van der Waals surface area contributed by atoms with Crippen LogP contribution in [0.15, 0.2) is 70.4 Å². The Morgan fingerprint density at radius 3 is 2.04 bits per heavy atom. The summed E-state index contributed by atoms with van der Waals surface area (Å²) in [7, 11) is 3.19. The molecule has 0 fully saturated rings. The summed E-state index contributed by atoms with van der Waals surface area (Å²) in [4.78, 5) is 24.8. The standard InChI is InChI=1S/C22H16N2O2/c1-23-12-18(21(25)24(2)22(23)26)16-10-8-15-7-6-13-4-3-5-14-9-11-17(16)20(15)19(13)14/h3-12H,1-2H3. The van der Waals surface area contributed by atoms with E-state index in [1.807, 2.05) is 12.1 Å². The molecule has 4 aromatic carbocycles. The SMILES string of the molecule is Cn1cc(-c2ccc3ccc4cccc5ccc2c3c45)c(=O)n(C)c1=O. The Labute approximate surface area is 148 Å². The molecule has 0 spiro atoms. The van der Waals surface area contributed by atoms with Crippen molar-refractivity contribution < 1.29 is 0 Å². The molecule has 26 heavy (non-hydrogen) atoms. The van der Waals surface area contributed by atoms with Gasteiger partial charge in [-0.25, -0.2) is 4.79 Å². The summed E-state index contributed by atoms with van der Waals surface area (Å²) in [6, 6.07) is 18.7. The second-order valence-corrected chi connectivity index (χ2v) is 6.77. The van der Waals surface area contributed by atoms with Crippen LogP contribution in [0.5, 0.6) is 0 Å². The Balaban J connectivity index is 2.00. The van der Waals surface area contributed by atoms with Gasteiger partial charge in [-0.3, -0.25) is 9.36 Å². The Morgan fingerprint density at radius 2 is 1.31 bits per heavy atom. The van der Waals surface area contributed by atoms with Crippen LogP contribution in [0, 0.1) is 0 Å². The molecule has 0 unspecified atom stereocenters. The van der Waals surface area contributed by atoms with Crippen molar-refractivity contribution in [3.05, 3.63) is 81.6 Å². The van der Waals surface area contributed by atoms with Crippen molar-refractivity contribution in [3.8, 4) is 11.1 Å². The highest BCUT2D eigenvalue weighted by Crippen LogP contribution is 2.38. The first kappa shape index (κ1) is 14.9. The number of aryl methyl sites for hydroxylation is 1. The molecule has 5 rings (SSSR count). The molecular weight excluding hydrogens is 324 g/mol. The molecule has 0 aliphatic carbocycles. The van der Waals surface area contributed by atoms with E-state index in [4.69, 9.17) is 0 Å². The zero-order valence-corrected chi connectivity index (χ0v) is 14.5. The summed E-state index contributed by atoms with van der Waals surface area (Å²) >= 11 is 0. The fourth-order valence-electron chi connectivity index (χ4n) is 3.96. The number of benzene rings is 4. The molecule has 0 radical (unpaired) electrons. The summed E-state index contributed by atoms with van der Waals surface area (Å²) < 4.78 is 2.61. The van der Waals surface area contributed by atoms with E-state index in [2.05, 4.69) is 42.5 Å². The molecule has 0 N–H and O–H groups in total. The molecule has 0 atom stereocenters. The molecular formula is C22H16N2O2. The lowest BCUT2D eigenvalue weighted by Crippen LogP contribution is -2.37. The number of hydrogen-bond acceptors (Lipinski definition) is 2. The number of rotatable bonds is 1. The smallest absolute Gasteiger partial charge is 0.303 e. The highest BCUT2D eigenvalue weighted by molar-refractivity contribution is 6.25. The molecule has 0 bridgehead atoms. The first-order chi connectivity index (χ1) is 12.6. The predicted octanol–water partition coefficient (Wildman–Crippen LogP) is 3.65. The van der Waals surface area contributed by atoms with Crippen molar-refractivity contribution in [2.75, 3.05) is 0 Å². The lowest BCUT2D eigenvalue weighted by Gasteiger charge is -2.14. The van der Waals surface area contributed by atoms with Gasteiger partial charge in [0, 0.05) is 20.3 Å². The minimum atomic E-state index is -0.323. The molecule has 0 saturated carbocycles. The van der Waals surface area contributed by atoms with Gasteiger partial charge in [0.1, 0.15) is 0 Å². The van der Waals surface area contributed by atoms with E-state index in [9.17, 15) is 9.59 Å². The van der Waals surface area contributed by atoms with Crippen molar-refractivity contribution in [3.63, 3.8) is 0 Å². The van der Waals surface area contributed by atoms with E-state index in [-0.39, 0.29) is 11.2 Å². The third-order valence-electron chi connectivity index (χ3n) is 5.27. The normalized spacial score (nSPS) is 11.8. The molecule has 1 aromatic heterocycles. The van der Waals surface area contributed by atoms with Gasteiger partial charge in [-0.2, -0.15) is 0 Å². The average molecular weight is 340 g/mol. The maximum atomic E-state index is 12.8. The van der Waals surface area contributed by atoms with Crippen LogP contribution in [0.2, 0.25) is 0 Å². The fraction of sp³-hybridized carbons (Fsp3) is 0.0909. The van der Waals surface area contributed by atoms with E-state index in [1.165, 1.54) is 27.8 Å². The van der Waals surface area contributed by atoms with Crippen LogP contribution in [-0.2, 0) is 14.1 Å². The highest BCUT2D eigenvalue weighted by atomic mass is 16.2. The first-order valence-corrected chi connectivity index (χ1v) is 8.50. The summed E-state index contributed by atoms with van der Waals surface area (Å²) in [5.74, 6) is 0. The van der Waals surface area contributed by atoms with Crippen LogP contribution < -0.4 is 11.2 Å². The molecule has 0 aliphatic rings. The Hall–Kier alpha value is -3.40. The molecule has 4 nitrogen and oxygen atoms in total. The van der Waals surface area contributed by atoms with Crippen LogP contribution in [0.25, 0.3) is 43.4 Å². The van der Waals surface area contributed by atoms with E-state index in [1.54, 1.807) is 13.2 Å². The average Bonchev–Trinajstić information content (AvgIpc) is 2.67. The van der Waals surface area contributed by atoms with Crippen molar-refractivity contribution >= 4 is 32.3 Å². The van der Waals surface area contributed by atoms with Crippen LogP contribution in [0.4, 0.5) is 0 Å². The van der Waals surface area contributed by atoms with Crippen molar-refractivity contribution in [2.45, 2.75) is 0 Å². The van der Waals surface area contributed by atoms with Crippen molar-refractivity contribution in [1.29, 1.82) is 0 Å². The second kappa shape index (κ2) is 5.05. The summed E-state index contributed by atoms with van der Waals surface area (Å²) in [6.45, 7) is 0. The Kier molecular flexibility index (Phi) is 2.89. The van der Waals surface area contributed by atoms with Crippen LogP contribution in [-0.4, -0.2) is 9.13 Å². The first-order valence-electron chi connectivity index (χ1n) is 8.50. The van der Waals surface area contributed by atoms with Crippen LogP contribution in [0.1, 0.15) is 0 Å². The van der Waals surface area contributed by atoms with Crippen molar-refractivity contribution in [2.24, 2.45) is 14.1 Å². The number of nitrogens with zero attached hydrogens (tertiary/aromatic N) is 2. The summed E-state index contributed by atoms with van der Waals surface area (Å²) in [5.41, 5.74) is 0.791. The van der Waals surface area contributed by atoms with Crippen LogP contribution in [0.3, 0.4) is 0 Å². The maximum Gasteiger partial charge on any atom is 0.330 e. The fourth-order valence-corrected chi connectivity index (χ4v) is 3.96. The van der Waals surface area contributed by atoms with Gasteiger partial charge in [0.2, 0.25) is 0 Å². The molecule has 4 heteroatoms. The van der Waals surface area contributed by atoms with E-state index in [0.29, 0.717) is 5.56 Å². The van der Waals surface area contributed by atoms with Crippen molar-refractivity contribution in [1.82, 2.24) is 9.13 Å². The molecule has 0 amide bonds. The lowest BCUT2D eigenvalue weighted by molar-refractivity contribution is 0.689. The monoisotopic (exact) mass is 340 g/mol. The zero-order chi connectivity index (χ0) is 18.0. The Bertz CT molecular complexity index is 1420. The van der Waals surface area contributed by atoms with Gasteiger partial charge < -0.3 is 4.57 Å². The topological polar surface area (TPSA) is 44.0 Å². The summed E-state index contributed by atoms with van der Waals surface area (Å²) in [6.07, 6.45) is 1.64. The van der Waals surface area contributed by atoms with Gasteiger partial charge in [-0.15, -0.1) is 0 Å². The summed E-state index contributed by atoms with van der Waals surface area (Å²) in [5, 5.41) is 6.93. The van der Waals surface area contributed by atoms with Gasteiger partial charge in [0.05, 0.1) is 5.56 Å². The third-order valence-corrected chi connectivity index (χ3v) is 5.27. The molecule has 126 valence electrons. The van der Waals surface area contributed by atoms with Gasteiger partial charge in [0.25, 0.3) is 5.56 Å². The number of aromatic nitrogens is 2. The van der Waals surface area contributed by atoms with E-state index in [0.717, 1.165) is 26.3 Å². The minimum Gasteiger partial charge on any atom is -0.303 e. The third kappa shape index (κ3) is 1.84. The van der Waals surface area contributed by atoms with Gasteiger partial charge in [0.15, 0.2) is 0 Å². The van der Waals surface area contributed by atoms with E-state index >= 15 is 0 Å². The number of hydrogen-bond donors (Lipinski definition) is 0. The molecule has 0 aliphatic heterocycles. The molecule has 5 aromatic rings. The molecule has 0 saturated heterocycles. The largest absolute Gasteiger partial charge is 0.330 e.